The van der Waals surface area contributed by atoms with Gasteiger partial charge in [0.15, 0.2) is 0 Å². The molecule has 20 heavy (non-hydrogen) atoms. The fourth-order valence-corrected chi connectivity index (χ4v) is 2.10. The van der Waals surface area contributed by atoms with E-state index in [1.165, 1.54) is 25.5 Å². The number of benzene rings is 1. The number of carbonyl (C=O) groups is 1. The molecule has 0 saturated carbocycles. The number of amides is 1. The van der Waals surface area contributed by atoms with Crippen LogP contribution in [0.25, 0.3) is 0 Å². The second-order valence-corrected chi connectivity index (χ2v) is 5.39. The molecule has 1 rings (SSSR count). The fourth-order valence-electron chi connectivity index (χ4n) is 1.74. The van der Waals surface area contributed by atoms with Gasteiger partial charge in [0.2, 0.25) is 5.91 Å². The van der Waals surface area contributed by atoms with Crippen LogP contribution < -0.4 is 5.43 Å². The summed E-state index contributed by atoms with van der Waals surface area (Å²) >= 11 is 11.9. The van der Waals surface area contributed by atoms with Crippen molar-refractivity contribution in [2.45, 2.75) is 45.4 Å². The molecular weight excluding hydrogens is 295 g/mol. The van der Waals surface area contributed by atoms with Gasteiger partial charge in [0.25, 0.3) is 0 Å². The van der Waals surface area contributed by atoms with Gasteiger partial charge in [-0.3, -0.25) is 4.79 Å². The highest BCUT2D eigenvalue weighted by atomic mass is 35.5. The van der Waals surface area contributed by atoms with Crippen molar-refractivity contribution in [3.05, 3.63) is 33.8 Å². The van der Waals surface area contributed by atoms with E-state index in [4.69, 9.17) is 23.2 Å². The minimum atomic E-state index is -0.0732. The first-order valence-electron chi connectivity index (χ1n) is 6.91. The van der Waals surface area contributed by atoms with E-state index >= 15 is 0 Å². The van der Waals surface area contributed by atoms with Gasteiger partial charge >= 0.3 is 0 Å². The molecule has 0 aliphatic heterocycles. The number of nitrogens with zero attached hydrogens (tertiary/aromatic N) is 1. The van der Waals surface area contributed by atoms with E-state index in [9.17, 15) is 4.79 Å². The summed E-state index contributed by atoms with van der Waals surface area (Å²) in [6, 6.07) is 5.27. The summed E-state index contributed by atoms with van der Waals surface area (Å²) in [6.07, 6.45) is 7.62. The normalized spacial score (nSPS) is 10.9. The molecule has 0 bridgehead atoms. The molecule has 0 fully saturated rings. The van der Waals surface area contributed by atoms with Crippen molar-refractivity contribution in [1.82, 2.24) is 5.43 Å². The van der Waals surface area contributed by atoms with Crippen molar-refractivity contribution in [2.24, 2.45) is 5.10 Å². The van der Waals surface area contributed by atoms with Gasteiger partial charge in [-0.1, -0.05) is 67.9 Å². The number of unbranched alkanes of at least 4 members (excludes halogenated alkanes) is 4. The minimum absolute atomic E-state index is 0.0732. The Hall–Kier alpha value is -1.06. The number of hydrogen-bond donors (Lipinski definition) is 1. The van der Waals surface area contributed by atoms with E-state index in [0.717, 1.165) is 12.8 Å². The van der Waals surface area contributed by atoms with E-state index < -0.39 is 0 Å². The van der Waals surface area contributed by atoms with E-state index in [-0.39, 0.29) is 5.91 Å². The van der Waals surface area contributed by atoms with Gasteiger partial charge in [0.05, 0.1) is 16.3 Å². The average Bonchev–Trinajstić information content (AvgIpc) is 2.43. The number of carbonyl (C=O) groups excluding carboxylic acids is 1. The van der Waals surface area contributed by atoms with Crippen LogP contribution in [0.1, 0.15) is 51.0 Å². The maximum Gasteiger partial charge on any atom is 0.240 e. The summed E-state index contributed by atoms with van der Waals surface area (Å²) in [4.78, 5) is 11.5. The molecule has 5 heteroatoms. The summed E-state index contributed by atoms with van der Waals surface area (Å²) in [5.41, 5.74) is 3.18. The van der Waals surface area contributed by atoms with Crippen LogP contribution in [0.15, 0.2) is 23.3 Å². The molecule has 0 saturated heterocycles. The Morgan fingerprint density at radius 2 is 2.00 bits per heavy atom. The maximum atomic E-state index is 11.5. The third kappa shape index (κ3) is 6.40. The zero-order valence-electron chi connectivity index (χ0n) is 11.7. The highest BCUT2D eigenvalue weighted by Crippen LogP contribution is 2.24. The number of hydrogen-bond acceptors (Lipinski definition) is 2. The third-order valence-corrected chi connectivity index (χ3v) is 3.72. The fraction of sp³-hybridized carbons (Fsp3) is 0.467. The van der Waals surface area contributed by atoms with Crippen molar-refractivity contribution >= 4 is 35.3 Å². The largest absolute Gasteiger partial charge is 0.273 e. The van der Waals surface area contributed by atoms with E-state index in [1.807, 2.05) is 0 Å². The molecular formula is C15H20Cl2N2O. The second kappa shape index (κ2) is 9.78. The molecule has 0 aliphatic rings. The van der Waals surface area contributed by atoms with E-state index in [2.05, 4.69) is 17.5 Å². The summed E-state index contributed by atoms with van der Waals surface area (Å²) in [7, 11) is 0. The van der Waals surface area contributed by atoms with Crippen LogP contribution in [-0.2, 0) is 4.79 Å². The Bertz CT molecular complexity index is 461. The van der Waals surface area contributed by atoms with Crippen LogP contribution >= 0.6 is 23.2 Å². The average molecular weight is 315 g/mol. The lowest BCUT2D eigenvalue weighted by molar-refractivity contribution is -0.121. The highest BCUT2D eigenvalue weighted by Gasteiger charge is 2.02. The molecule has 1 amide bonds. The molecule has 1 N–H and O–H groups in total. The van der Waals surface area contributed by atoms with Gasteiger partial charge in [-0.25, -0.2) is 5.43 Å². The molecule has 0 atom stereocenters. The van der Waals surface area contributed by atoms with Gasteiger partial charge in [0.1, 0.15) is 0 Å². The Morgan fingerprint density at radius 1 is 1.25 bits per heavy atom. The molecule has 0 spiro atoms. The minimum Gasteiger partial charge on any atom is -0.273 e. The maximum absolute atomic E-state index is 11.5. The SMILES string of the molecule is CCCCCCCC(=O)NN=Cc1cccc(Cl)c1Cl. The smallest absolute Gasteiger partial charge is 0.240 e. The second-order valence-electron chi connectivity index (χ2n) is 4.60. The Balaban J connectivity index is 2.30. The molecule has 1 aromatic rings. The predicted octanol–water partition coefficient (Wildman–Crippen LogP) is 4.80. The molecule has 0 aromatic heterocycles. The topological polar surface area (TPSA) is 41.5 Å². The molecule has 3 nitrogen and oxygen atoms in total. The first-order valence-corrected chi connectivity index (χ1v) is 7.66. The van der Waals surface area contributed by atoms with Crippen molar-refractivity contribution < 1.29 is 4.79 Å². The Kier molecular flexibility index (Phi) is 8.31. The van der Waals surface area contributed by atoms with Gasteiger partial charge in [-0.2, -0.15) is 5.10 Å². The number of halogens is 2. The van der Waals surface area contributed by atoms with Crippen LogP contribution in [0.5, 0.6) is 0 Å². The third-order valence-electron chi connectivity index (χ3n) is 2.88. The molecule has 0 radical (unpaired) electrons. The van der Waals surface area contributed by atoms with Crippen molar-refractivity contribution in [1.29, 1.82) is 0 Å². The van der Waals surface area contributed by atoms with Crippen molar-refractivity contribution in [3.63, 3.8) is 0 Å². The quantitative estimate of drug-likeness (QED) is 0.418. The standard InChI is InChI=1S/C15H20Cl2N2O/c1-2-3-4-5-6-10-14(20)19-18-11-12-8-7-9-13(16)15(12)17/h7-9,11H,2-6,10H2,1H3,(H,19,20). The van der Waals surface area contributed by atoms with Crippen LogP contribution in [0, 0.1) is 0 Å². The zero-order chi connectivity index (χ0) is 14.8. The number of hydrazone groups is 1. The zero-order valence-corrected chi connectivity index (χ0v) is 13.2. The predicted molar refractivity (Wildman–Crippen MR) is 85.6 cm³/mol. The summed E-state index contributed by atoms with van der Waals surface area (Å²) in [5, 5.41) is 4.80. The van der Waals surface area contributed by atoms with Gasteiger partial charge in [-0.05, 0) is 12.5 Å². The first-order chi connectivity index (χ1) is 9.65. The van der Waals surface area contributed by atoms with Gasteiger partial charge < -0.3 is 0 Å². The molecule has 0 aliphatic carbocycles. The van der Waals surface area contributed by atoms with E-state index in [1.54, 1.807) is 18.2 Å². The van der Waals surface area contributed by atoms with Crippen molar-refractivity contribution in [3.8, 4) is 0 Å². The molecule has 0 unspecified atom stereocenters. The van der Waals surface area contributed by atoms with Crippen LogP contribution in [0.2, 0.25) is 10.0 Å². The van der Waals surface area contributed by atoms with Gasteiger partial charge in [-0.15, -0.1) is 0 Å². The molecule has 110 valence electrons. The Labute approximate surface area is 130 Å². The van der Waals surface area contributed by atoms with E-state index in [0.29, 0.717) is 22.0 Å². The van der Waals surface area contributed by atoms with Crippen molar-refractivity contribution in [2.75, 3.05) is 0 Å². The van der Waals surface area contributed by atoms with Crippen LogP contribution in [0.3, 0.4) is 0 Å². The lowest BCUT2D eigenvalue weighted by Gasteiger charge is -2.01. The summed E-state index contributed by atoms with van der Waals surface area (Å²) in [5.74, 6) is -0.0732. The number of rotatable bonds is 8. The van der Waals surface area contributed by atoms with Gasteiger partial charge in [0, 0.05) is 12.0 Å². The molecule has 1 aromatic carbocycles. The lowest BCUT2D eigenvalue weighted by Crippen LogP contribution is -2.16. The highest BCUT2D eigenvalue weighted by molar-refractivity contribution is 6.43. The first kappa shape index (κ1) is 17.0. The van der Waals surface area contributed by atoms with Crippen LogP contribution in [-0.4, -0.2) is 12.1 Å². The molecule has 0 heterocycles. The lowest BCUT2D eigenvalue weighted by atomic mass is 10.1. The Morgan fingerprint density at radius 3 is 2.75 bits per heavy atom. The van der Waals surface area contributed by atoms with Crippen LogP contribution in [0.4, 0.5) is 0 Å². The monoisotopic (exact) mass is 314 g/mol. The number of nitrogens with one attached hydrogen (secondary N) is 1. The summed E-state index contributed by atoms with van der Waals surface area (Å²) in [6.45, 7) is 2.17. The summed E-state index contributed by atoms with van der Waals surface area (Å²) < 4.78 is 0.